The molecule has 0 bridgehead atoms. The smallest absolute Gasteiger partial charge is 0.449 e. The van der Waals surface area contributed by atoms with Crippen LogP contribution >= 0.6 is 7.81 Å². The van der Waals surface area contributed by atoms with Gasteiger partial charge in [0.15, 0.2) is 29.3 Å². The standard InChI is InChI=1S/C13H8O3.C5H5.F6P.Ru/c14-8-9-4-3-7-12-13(9)16-11-6-2-1-5-10(11)15-12;1-2-4-5-3-1;1-7(2,3,4,5)6;/h1-8H;1-5H;;/q;;-1;+1. The molecule has 0 atom stereocenters. The molecule has 2 aromatic rings. The van der Waals surface area contributed by atoms with Gasteiger partial charge in [0.05, 0.1) is 5.56 Å². The molecule has 1 heterocycles. The van der Waals surface area contributed by atoms with E-state index in [-0.39, 0.29) is 19.5 Å². The van der Waals surface area contributed by atoms with E-state index in [1.165, 1.54) is 0 Å². The number of hydrogen-bond donors (Lipinski definition) is 0. The molecule has 0 saturated carbocycles. The molecule has 0 saturated heterocycles. The van der Waals surface area contributed by atoms with Crippen molar-refractivity contribution < 1.29 is 58.9 Å². The largest absolute Gasteiger partial charge is 1.00 e. The second kappa shape index (κ2) is 8.68. The summed E-state index contributed by atoms with van der Waals surface area (Å²) in [4.78, 5) is 10.9. The molecule has 0 aromatic heterocycles. The average molecular weight is 523 g/mol. The van der Waals surface area contributed by atoms with Gasteiger partial charge in [0, 0.05) is 6.42 Å². The monoisotopic (exact) mass is 524 g/mol. The van der Waals surface area contributed by atoms with E-state index < -0.39 is 7.81 Å². The predicted octanol–water partition coefficient (Wildman–Crippen LogP) is 8.09. The molecule has 1 aliphatic carbocycles. The first-order valence-electron chi connectivity index (χ1n) is 7.59. The Morgan fingerprint density at radius 2 is 1.17 bits per heavy atom. The third-order valence-electron chi connectivity index (χ3n) is 2.97. The minimum absolute atomic E-state index is 0. The third-order valence-corrected chi connectivity index (χ3v) is 2.97. The van der Waals surface area contributed by atoms with Crippen molar-refractivity contribution in [1.29, 1.82) is 0 Å². The maximum absolute atomic E-state index is 10.9. The summed E-state index contributed by atoms with van der Waals surface area (Å²) in [5.74, 6) is 2.35. The molecule has 158 valence electrons. The van der Waals surface area contributed by atoms with Crippen LogP contribution in [0.2, 0.25) is 0 Å². The van der Waals surface area contributed by atoms with Crippen LogP contribution in [0.4, 0.5) is 25.2 Å². The first-order chi connectivity index (χ1) is 12.8. The molecule has 4 rings (SSSR count). The zero-order valence-electron chi connectivity index (χ0n) is 14.3. The molecule has 0 amide bonds. The first kappa shape index (κ1) is 24.9. The fourth-order valence-corrected chi connectivity index (χ4v) is 1.98. The number of fused-ring (bicyclic) bond motifs is 2. The fraction of sp³-hybridized carbons (Fsp3) is 0. The number of para-hydroxylation sites is 3. The zero-order valence-corrected chi connectivity index (χ0v) is 16.9. The number of halogens is 6. The Kier molecular flexibility index (Phi) is 7.44. The van der Waals surface area contributed by atoms with E-state index in [4.69, 9.17) is 9.47 Å². The van der Waals surface area contributed by atoms with Crippen LogP contribution < -0.4 is 9.47 Å². The Balaban J connectivity index is 0.000000271. The molecule has 3 nitrogen and oxygen atoms in total. The third kappa shape index (κ3) is 10.2. The zero-order chi connectivity index (χ0) is 20.9. The van der Waals surface area contributed by atoms with Crippen LogP contribution in [-0.4, -0.2) is 6.29 Å². The minimum Gasteiger partial charge on any atom is -0.449 e. The number of benzene rings is 2. The predicted molar refractivity (Wildman–Crippen MR) is 94.6 cm³/mol. The van der Waals surface area contributed by atoms with E-state index in [2.05, 4.69) is 0 Å². The molecular formula is C18H13F6O3PRu. The molecule has 29 heavy (non-hydrogen) atoms. The van der Waals surface area contributed by atoms with Gasteiger partial charge >= 0.3 is 52.5 Å². The van der Waals surface area contributed by atoms with Crippen LogP contribution in [0.3, 0.4) is 0 Å². The molecule has 2 radical (unpaired) electrons. The molecule has 2 aliphatic rings. The van der Waals surface area contributed by atoms with Crippen LogP contribution in [0.25, 0.3) is 0 Å². The number of carbonyl (C=O) groups excluding carboxylic acids is 1. The Hall–Kier alpha value is -2.18. The molecule has 1 aliphatic heterocycles. The van der Waals surface area contributed by atoms with Crippen LogP contribution in [0, 0.1) is 6.42 Å². The summed E-state index contributed by atoms with van der Waals surface area (Å²) in [5, 5.41) is 0. The SMILES string of the molecule is F[P-](F)(F)(F)(F)F.O=Cc1cccc2c1Oc1ccccc1O2.[CH]1C=CC=C1.[Ru+]. The number of allylic oxidation sites excluding steroid dienone is 4. The van der Waals surface area contributed by atoms with Gasteiger partial charge in [0.1, 0.15) is 0 Å². The van der Waals surface area contributed by atoms with Crippen LogP contribution in [0.1, 0.15) is 10.4 Å². The van der Waals surface area contributed by atoms with E-state index in [0.717, 1.165) is 6.29 Å². The Morgan fingerprint density at radius 1 is 0.690 bits per heavy atom. The summed E-state index contributed by atoms with van der Waals surface area (Å²) in [6.07, 6.45) is 10.8. The molecule has 0 fully saturated rings. The van der Waals surface area contributed by atoms with E-state index in [1.54, 1.807) is 24.3 Å². The summed E-state index contributed by atoms with van der Waals surface area (Å²) in [7, 11) is -10.7. The van der Waals surface area contributed by atoms with Gasteiger partial charge in [-0.25, -0.2) is 0 Å². The van der Waals surface area contributed by atoms with Gasteiger partial charge in [0.25, 0.3) is 0 Å². The van der Waals surface area contributed by atoms with Crippen LogP contribution in [0.15, 0.2) is 66.8 Å². The van der Waals surface area contributed by atoms with E-state index in [1.807, 2.05) is 48.9 Å². The molecule has 2 aromatic carbocycles. The second-order valence-electron chi connectivity index (χ2n) is 5.36. The van der Waals surface area contributed by atoms with Gasteiger partial charge in [-0.15, -0.1) is 0 Å². The van der Waals surface area contributed by atoms with Crippen molar-refractivity contribution in [3.8, 4) is 23.0 Å². The van der Waals surface area contributed by atoms with Gasteiger partial charge in [-0.05, 0) is 24.3 Å². The van der Waals surface area contributed by atoms with Crippen LogP contribution in [-0.2, 0) is 19.5 Å². The van der Waals surface area contributed by atoms with Crippen molar-refractivity contribution in [3.05, 3.63) is 78.8 Å². The van der Waals surface area contributed by atoms with Crippen molar-refractivity contribution in [2.75, 3.05) is 0 Å². The summed E-state index contributed by atoms with van der Waals surface area (Å²) >= 11 is 0. The van der Waals surface area contributed by atoms with Crippen molar-refractivity contribution in [2.45, 2.75) is 0 Å². The number of carbonyl (C=O) groups is 1. The van der Waals surface area contributed by atoms with E-state index in [0.29, 0.717) is 28.6 Å². The topological polar surface area (TPSA) is 35.5 Å². The van der Waals surface area contributed by atoms with Gasteiger partial charge in [-0.3, -0.25) is 4.79 Å². The van der Waals surface area contributed by atoms with Gasteiger partial charge in [0.2, 0.25) is 0 Å². The average Bonchev–Trinajstić information content (AvgIpc) is 3.16. The van der Waals surface area contributed by atoms with E-state index >= 15 is 0 Å². The van der Waals surface area contributed by atoms with Crippen LogP contribution in [0.5, 0.6) is 23.0 Å². The summed E-state index contributed by atoms with van der Waals surface area (Å²) in [5.41, 5.74) is 0.493. The van der Waals surface area contributed by atoms with Gasteiger partial charge in [-0.1, -0.05) is 42.5 Å². The molecule has 11 heteroatoms. The number of aldehydes is 1. The van der Waals surface area contributed by atoms with E-state index in [9.17, 15) is 30.0 Å². The minimum atomic E-state index is -10.7. The Morgan fingerprint density at radius 3 is 1.62 bits per heavy atom. The summed E-state index contributed by atoms with van der Waals surface area (Å²) < 4.78 is 70.5. The maximum atomic E-state index is 10.9. The molecule has 0 unspecified atom stereocenters. The van der Waals surface area contributed by atoms with Gasteiger partial charge < -0.3 is 9.47 Å². The quantitative estimate of drug-likeness (QED) is 0.140. The second-order valence-corrected chi connectivity index (χ2v) is 7.28. The fourth-order valence-electron chi connectivity index (χ4n) is 1.98. The maximum Gasteiger partial charge on any atom is 1.00 e. The summed E-state index contributed by atoms with van der Waals surface area (Å²) in [6, 6.07) is 12.6. The first-order valence-corrected chi connectivity index (χ1v) is 9.62. The van der Waals surface area contributed by atoms with Crippen molar-refractivity contribution in [2.24, 2.45) is 0 Å². The number of ether oxygens (including phenoxy) is 2. The molecule has 0 spiro atoms. The molecule has 0 N–H and O–H groups in total. The normalized spacial score (nSPS) is 15.1. The van der Waals surface area contributed by atoms with Crippen molar-refractivity contribution in [3.63, 3.8) is 0 Å². The van der Waals surface area contributed by atoms with Crippen molar-refractivity contribution in [1.82, 2.24) is 0 Å². The molecular weight excluding hydrogens is 510 g/mol. The summed E-state index contributed by atoms with van der Waals surface area (Å²) in [6.45, 7) is 0. The Labute approximate surface area is 175 Å². The Bertz CT molecular complexity index is 906. The number of rotatable bonds is 1. The van der Waals surface area contributed by atoms with Crippen molar-refractivity contribution >= 4 is 14.1 Å². The van der Waals surface area contributed by atoms with Gasteiger partial charge in [-0.2, -0.15) is 0 Å². The number of hydrogen-bond acceptors (Lipinski definition) is 3.